The molecule has 3 heteroatoms. The van der Waals surface area contributed by atoms with Gasteiger partial charge in [-0.3, -0.25) is 0 Å². The molecule has 0 saturated carbocycles. The summed E-state index contributed by atoms with van der Waals surface area (Å²) in [5.74, 6) is 0. The highest BCUT2D eigenvalue weighted by atomic mass is 16.5. The van der Waals surface area contributed by atoms with Crippen LogP contribution in [0.2, 0.25) is 0 Å². The lowest BCUT2D eigenvalue weighted by atomic mass is 10.1. The van der Waals surface area contributed by atoms with Gasteiger partial charge in [-0.15, -0.1) is 0 Å². The van der Waals surface area contributed by atoms with E-state index < -0.39 is 0 Å². The van der Waals surface area contributed by atoms with E-state index in [0.29, 0.717) is 6.10 Å². The van der Waals surface area contributed by atoms with E-state index in [1.165, 1.54) is 45.3 Å². The third-order valence-corrected chi connectivity index (χ3v) is 3.44. The fourth-order valence-corrected chi connectivity index (χ4v) is 2.21. The van der Waals surface area contributed by atoms with Crippen LogP contribution in [0.4, 0.5) is 0 Å². The lowest BCUT2D eigenvalue weighted by molar-refractivity contribution is 0.0955. The predicted octanol–water partition coefficient (Wildman–Crippen LogP) is 0.849. The number of rotatable bonds is 5. The van der Waals surface area contributed by atoms with Crippen molar-refractivity contribution in [3.8, 4) is 0 Å². The summed E-state index contributed by atoms with van der Waals surface area (Å²) in [5, 5.41) is 3.31. The van der Waals surface area contributed by atoms with Crippen LogP contribution in [0.5, 0.6) is 0 Å². The normalized spacial score (nSPS) is 28.3. The minimum Gasteiger partial charge on any atom is -0.378 e. The molecule has 0 aromatic carbocycles. The van der Waals surface area contributed by atoms with Gasteiger partial charge in [0.25, 0.3) is 0 Å². The summed E-state index contributed by atoms with van der Waals surface area (Å²) in [6.45, 7) is 4.58. The number of nitrogens with one attached hydrogen (secondary N) is 1. The zero-order valence-electron chi connectivity index (χ0n) is 9.17. The number of hydrogen-bond donors (Lipinski definition) is 1. The zero-order valence-corrected chi connectivity index (χ0v) is 9.17. The van der Waals surface area contributed by atoms with Crippen molar-refractivity contribution in [2.45, 2.75) is 37.8 Å². The summed E-state index contributed by atoms with van der Waals surface area (Å²) < 4.78 is 5.60. The van der Waals surface area contributed by atoms with E-state index in [0.717, 1.165) is 12.6 Å². The van der Waals surface area contributed by atoms with Gasteiger partial charge in [-0.25, -0.2) is 0 Å². The topological polar surface area (TPSA) is 24.5 Å². The first-order valence-corrected chi connectivity index (χ1v) is 5.89. The second-order valence-electron chi connectivity index (χ2n) is 4.57. The van der Waals surface area contributed by atoms with E-state index in [-0.39, 0.29) is 0 Å². The molecule has 0 radical (unpaired) electrons. The summed E-state index contributed by atoms with van der Waals surface area (Å²) in [5.41, 5.74) is 0. The minimum absolute atomic E-state index is 0.572. The van der Waals surface area contributed by atoms with Crippen LogP contribution >= 0.6 is 0 Å². The first-order chi connectivity index (χ1) is 6.86. The maximum absolute atomic E-state index is 5.60. The van der Waals surface area contributed by atoms with Crippen molar-refractivity contribution < 1.29 is 4.74 Å². The van der Waals surface area contributed by atoms with Gasteiger partial charge in [-0.2, -0.15) is 0 Å². The van der Waals surface area contributed by atoms with E-state index >= 15 is 0 Å². The molecule has 2 saturated heterocycles. The molecule has 14 heavy (non-hydrogen) atoms. The van der Waals surface area contributed by atoms with Crippen LogP contribution < -0.4 is 5.32 Å². The summed E-state index contributed by atoms with van der Waals surface area (Å²) >= 11 is 0. The van der Waals surface area contributed by atoms with Gasteiger partial charge < -0.3 is 15.0 Å². The Labute approximate surface area is 86.8 Å². The van der Waals surface area contributed by atoms with Gasteiger partial charge in [0.2, 0.25) is 0 Å². The van der Waals surface area contributed by atoms with Crippen LogP contribution in [-0.2, 0) is 4.74 Å². The smallest absolute Gasteiger partial charge is 0.0576 e. The number of likely N-dealkylation sites (N-methyl/N-ethyl adjacent to an activating group) is 1. The molecule has 2 heterocycles. The Kier molecular flexibility index (Phi) is 3.79. The van der Waals surface area contributed by atoms with Crippen LogP contribution in [0.3, 0.4) is 0 Å². The molecule has 0 bridgehead atoms. The van der Waals surface area contributed by atoms with Crippen molar-refractivity contribution >= 4 is 0 Å². The highest BCUT2D eigenvalue weighted by Gasteiger charge is 2.21. The second kappa shape index (κ2) is 5.10. The molecule has 1 atom stereocenters. The lowest BCUT2D eigenvalue weighted by Gasteiger charge is -2.35. The molecule has 0 aromatic rings. The van der Waals surface area contributed by atoms with Gasteiger partial charge >= 0.3 is 0 Å². The Balaban J connectivity index is 1.52. The molecule has 1 unspecified atom stereocenters. The third kappa shape index (κ3) is 2.69. The number of hydrogen-bond acceptors (Lipinski definition) is 3. The maximum atomic E-state index is 5.60. The van der Waals surface area contributed by atoms with Crippen molar-refractivity contribution in [1.29, 1.82) is 0 Å². The molecule has 2 aliphatic rings. The average molecular weight is 198 g/mol. The number of ether oxygens (including phenoxy) is 1. The Bertz CT molecular complexity index is 165. The van der Waals surface area contributed by atoms with Crippen LogP contribution in [-0.4, -0.2) is 50.3 Å². The van der Waals surface area contributed by atoms with Gasteiger partial charge in [0, 0.05) is 25.7 Å². The van der Waals surface area contributed by atoms with E-state index in [4.69, 9.17) is 4.74 Å². The average Bonchev–Trinajstić information content (AvgIpc) is 2.53. The summed E-state index contributed by atoms with van der Waals surface area (Å²) in [7, 11) is 2.24. The highest BCUT2D eigenvalue weighted by Crippen LogP contribution is 2.17. The Morgan fingerprint density at radius 2 is 2.29 bits per heavy atom. The van der Waals surface area contributed by atoms with Gasteiger partial charge in [0.15, 0.2) is 0 Å². The summed E-state index contributed by atoms with van der Waals surface area (Å²) in [6, 6.07) is 0.791. The van der Waals surface area contributed by atoms with Crippen LogP contribution in [0.15, 0.2) is 0 Å². The molecule has 0 aliphatic carbocycles. The largest absolute Gasteiger partial charge is 0.378 e. The van der Waals surface area contributed by atoms with Crippen LogP contribution in [0, 0.1) is 0 Å². The maximum Gasteiger partial charge on any atom is 0.0576 e. The first-order valence-electron chi connectivity index (χ1n) is 5.89. The monoisotopic (exact) mass is 198 g/mol. The fraction of sp³-hybridized carbons (Fsp3) is 1.00. The fourth-order valence-electron chi connectivity index (χ4n) is 2.21. The molecule has 0 aromatic heterocycles. The quantitative estimate of drug-likeness (QED) is 0.709. The first kappa shape index (κ1) is 10.4. The molecule has 82 valence electrons. The summed E-state index contributed by atoms with van der Waals surface area (Å²) in [6.07, 6.45) is 5.67. The second-order valence-corrected chi connectivity index (χ2v) is 4.57. The SMILES string of the molecule is CN(CCCC1CCCO1)C1CNC1. The Hall–Kier alpha value is -0.120. The van der Waals surface area contributed by atoms with Crippen molar-refractivity contribution in [1.82, 2.24) is 10.2 Å². The van der Waals surface area contributed by atoms with Crippen molar-refractivity contribution in [2.24, 2.45) is 0 Å². The molecule has 2 fully saturated rings. The van der Waals surface area contributed by atoms with Crippen molar-refractivity contribution in [3.63, 3.8) is 0 Å². The van der Waals surface area contributed by atoms with E-state index in [1.807, 2.05) is 0 Å². The molecule has 2 aliphatic heterocycles. The molecule has 1 N–H and O–H groups in total. The highest BCUT2D eigenvalue weighted by molar-refractivity contribution is 4.82. The van der Waals surface area contributed by atoms with Crippen LogP contribution in [0.1, 0.15) is 25.7 Å². The lowest BCUT2D eigenvalue weighted by Crippen LogP contribution is -2.56. The molecule has 0 amide bonds. The van der Waals surface area contributed by atoms with Gasteiger partial charge in [-0.05, 0) is 39.3 Å². The van der Waals surface area contributed by atoms with Crippen molar-refractivity contribution in [2.75, 3.05) is 33.3 Å². The minimum atomic E-state index is 0.572. The molecule has 3 nitrogen and oxygen atoms in total. The Morgan fingerprint density at radius 1 is 1.43 bits per heavy atom. The number of nitrogens with zero attached hydrogens (tertiary/aromatic N) is 1. The van der Waals surface area contributed by atoms with Crippen LogP contribution in [0.25, 0.3) is 0 Å². The van der Waals surface area contributed by atoms with Crippen molar-refractivity contribution in [3.05, 3.63) is 0 Å². The molecular formula is C11H22N2O. The van der Waals surface area contributed by atoms with E-state index in [1.54, 1.807) is 0 Å². The van der Waals surface area contributed by atoms with E-state index in [9.17, 15) is 0 Å². The van der Waals surface area contributed by atoms with Gasteiger partial charge in [-0.1, -0.05) is 0 Å². The predicted molar refractivity (Wildman–Crippen MR) is 57.5 cm³/mol. The van der Waals surface area contributed by atoms with Gasteiger partial charge in [0.05, 0.1) is 6.10 Å². The molecular weight excluding hydrogens is 176 g/mol. The van der Waals surface area contributed by atoms with E-state index in [2.05, 4.69) is 17.3 Å². The molecule has 2 rings (SSSR count). The standard InChI is InChI=1S/C11H22N2O/c1-13(10-8-12-9-10)6-2-4-11-5-3-7-14-11/h10-12H,2-9H2,1H3. The Morgan fingerprint density at radius 3 is 2.86 bits per heavy atom. The zero-order chi connectivity index (χ0) is 9.80. The summed E-state index contributed by atoms with van der Waals surface area (Å²) in [4.78, 5) is 2.48. The van der Waals surface area contributed by atoms with Gasteiger partial charge in [0.1, 0.15) is 0 Å². The molecule has 0 spiro atoms. The third-order valence-electron chi connectivity index (χ3n) is 3.44.